The highest BCUT2D eigenvalue weighted by Gasteiger charge is 2.37. The molecule has 1 fully saturated rings. The molecular weight excluding hydrogens is 322 g/mol. The van der Waals surface area contributed by atoms with E-state index in [1.807, 2.05) is 0 Å². The van der Waals surface area contributed by atoms with Crippen LogP contribution in [0.4, 0.5) is 11.4 Å². The molecule has 120 valence electrons. The van der Waals surface area contributed by atoms with Gasteiger partial charge in [-0.2, -0.15) is 0 Å². The van der Waals surface area contributed by atoms with Gasteiger partial charge in [-0.3, -0.25) is 19.8 Å². The van der Waals surface area contributed by atoms with Crippen LogP contribution in [0.5, 0.6) is 0 Å². The summed E-state index contributed by atoms with van der Waals surface area (Å²) in [6, 6.07) is 5.64. The molecule has 1 atom stereocenters. The van der Waals surface area contributed by atoms with Crippen molar-refractivity contribution in [3.8, 4) is 0 Å². The summed E-state index contributed by atoms with van der Waals surface area (Å²) in [6.45, 7) is 3.72. The van der Waals surface area contributed by atoms with E-state index >= 15 is 0 Å². The molecule has 9 heteroatoms. The number of nitro benzene ring substituents is 1. The molecule has 23 heavy (non-hydrogen) atoms. The Labute approximate surface area is 135 Å². The Kier molecular flexibility index (Phi) is 5.12. The van der Waals surface area contributed by atoms with Gasteiger partial charge in [0.15, 0.2) is 5.17 Å². The highest BCUT2D eigenvalue weighted by atomic mass is 32.2. The number of rotatable bonds is 6. The number of carbonyl (C=O) groups is 2. The number of hydrogen-bond acceptors (Lipinski definition) is 7. The van der Waals surface area contributed by atoms with E-state index in [9.17, 15) is 24.8 Å². The summed E-state index contributed by atoms with van der Waals surface area (Å²) in [5.74, 6) is -1.73. The monoisotopic (exact) mass is 334 g/mol. The smallest absolute Gasteiger partial charge is 0.271 e. The van der Waals surface area contributed by atoms with Crippen LogP contribution < -0.4 is 5.11 Å². The summed E-state index contributed by atoms with van der Waals surface area (Å²) in [7, 11) is 0. The molecule has 0 spiro atoms. The number of hydrogen-bond donors (Lipinski definition) is 0. The number of amidine groups is 1. The lowest BCUT2D eigenvalue weighted by Gasteiger charge is -2.13. The van der Waals surface area contributed by atoms with E-state index in [1.165, 1.54) is 29.2 Å². The molecule has 0 unspecified atom stereocenters. The summed E-state index contributed by atoms with van der Waals surface area (Å²) >= 11 is 0.992. The standard InChI is InChI=1S/C14H13N3O5S/c1-2-6-16-13(20)11(8-12(18)19)23-14(16)15-9-4-3-5-10(7-9)17(21)22/h2-5,7,11H,1,6,8H2,(H,18,19)/p-1/t11-/m0/s1. The number of nitro groups is 1. The largest absolute Gasteiger partial charge is 0.550 e. The zero-order chi connectivity index (χ0) is 17.0. The summed E-state index contributed by atoms with van der Waals surface area (Å²) in [5, 5.41) is 21.0. The summed E-state index contributed by atoms with van der Waals surface area (Å²) in [4.78, 5) is 38.7. The van der Waals surface area contributed by atoms with Crippen molar-refractivity contribution in [2.75, 3.05) is 6.54 Å². The zero-order valence-corrected chi connectivity index (χ0v) is 12.7. The Bertz CT molecular complexity index is 703. The molecule has 0 aliphatic carbocycles. The maximum atomic E-state index is 12.2. The molecule has 1 aliphatic heterocycles. The first-order valence-electron chi connectivity index (χ1n) is 6.54. The third kappa shape index (κ3) is 3.95. The molecule has 1 saturated heterocycles. The first-order chi connectivity index (χ1) is 10.9. The van der Waals surface area contributed by atoms with Crippen LogP contribution in [0.15, 0.2) is 41.9 Å². The Balaban J connectivity index is 2.33. The van der Waals surface area contributed by atoms with Gasteiger partial charge in [-0.15, -0.1) is 6.58 Å². The Morgan fingerprint density at radius 1 is 1.52 bits per heavy atom. The zero-order valence-electron chi connectivity index (χ0n) is 11.9. The maximum Gasteiger partial charge on any atom is 0.271 e. The van der Waals surface area contributed by atoms with Crippen molar-refractivity contribution in [2.45, 2.75) is 11.7 Å². The van der Waals surface area contributed by atoms with Gasteiger partial charge in [0.25, 0.3) is 5.69 Å². The van der Waals surface area contributed by atoms with Crippen molar-refractivity contribution in [3.63, 3.8) is 0 Å². The number of amides is 1. The number of nitrogens with zero attached hydrogens (tertiary/aromatic N) is 3. The van der Waals surface area contributed by atoms with Crippen LogP contribution in [0.3, 0.4) is 0 Å². The van der Waals surface area contributed by atoms with E-state index in [0.29, 0.717) is 5.69 Å². The lowest BCUT2D eigenvalue weighted by Crippen LogP contribution is -2.35. The topological polar surface area (TPSA) is 116 Å². The molecule has 0 radical (unpaired) electrons. The normalized spacial score (nSPS) is 19.1. The Morgan fingerprint density at radius 2 is 2.26 bits per heavy atom. The number of carboxylic acids is 1. The molecule has 0 bridgehead atoms. The van der Waals surface area contributed by atoms with Crippen molar-refractivity contribution < 1.29 is 19.6 Å². The van der Waals surface area contributed by atoms with E-state index in [0.717, 1.165) is 11.8 Å². The Hall–Kier alpha value is -2.68. The van der Waals surface area contributed by atoms with E-state index in [2.05, 4.69) is 11.6 Å². The second-order valence-corrected chi connectivity index (χ2v) is 5.76. The van der Waals surface area contributed by atoms with Crippen molar-refractivity contribution in [1.82, 2.24) is 4.90 Å². The van der Waals surface area contributed by atoms with Gasteiger partial charge >= 0.3 is 0 Å². The fourth-order valence-corrected chi connectivity index (χ4v) is 3.11. The average Bonchev–Trinajstić information content (AvgIpc) is 2.76. The van der Waals surface area contributed by atoms with E-state index in [4.69, 9.17) is 0 Å². The first kappa shape index (κ1) is 16.7. The Morgan fingerprint density at radius 3 is 2.87 bits per heavy atom. The van der Waals surface area contributed by atoms with Crippen LogP contribution in [0.1, 0.15) is 6.42 Å². The summed E-state index contributed by atoms with van der Waals surface area (Å²) in [5.41, 5.74) is 0.181. The SMILES string of the molecule is C=CCN1C(=O)[C@H](CC(=O)[O-])SC1=Nc1cccc([N+](=O)[O-])c1. The van der Waals surface area contributed by atoms with Crippen LogP contribution in [-0.4, -0.2) is 38.7 Å². The number of non-ortho nitro benzene ring substituents is 1. The van der Waals surface area contributed by atoms with Crippen molar-refractivity contribution in [3.05, 3.63) is 47.0 Å². The second kappa shape index (κ2) is 7.05. The lowest BCUT2D eigenvalue weighted by molar-refractivity contribution is -0.384. The highest BCUT2D eigenvalue weighted by molar-refractivity contribution is 8.15. The van der Waals surface area contributed by atoms with Gasteiger partial charge in [-0.25, -0.2) is 4.99 Å². The molecule has 1 aliphatic rings. The number of thioether (sulfide) groups is 1. The third-order valence-corrected chi connectivity index (χ3v) is 4.12. The van der Waals surface area contributed by atoms with Gasteiger partial charge in [-0.1, -0.05) is 23.9 Å². The van der Waals surface area contributed by atoms with E-state index in [1.54, 1.807) is 6.07 Å². The maximum absolute atomic E-state index is 12.2. The number of aliphatic imine (C=N–C) groups is 1. The fourth-order valence-electron chi connectivity index (χ4n) is 1.96. The minimum absolute atomic E-state index is 0.122. The van der Waals surface area contributed by atoms with Gasteiger partial charge in [0.2, 0.25) is 5.91 Å². The number of benzene rings is 1. The molecular formula is C14H12N3O5S-. The molecule has 2 rings (SSSR count). The van der Waals surface area contributed by atoms with Gasteiger partial charge in [0.1, 0.15) is 0 Å². The highest BCUT2D eigenvalue weighted by Crippen LogP contribution is 2.32. The third-order valence-electron chi connectivity index (χ3n) is 2.95. The van der Waals surface area contributed by atoms with Crippen LogP contribution in [0, 0.1) is 10.1 Å². The molecule has 1 aromatic rings. The lowest BCUT2D eigenvalue weighted by atomic mass is 10.2. The molecule has 1 aromatic carbocycles. The minimum atomic E-state index is -1.33. The van der Waals surface area contributed by atoms with Crippen LogP contribution in [-0.2, 0) is 9.59 Å². The molecule has 0 N–H and O–H groups in total. The van der Waals surface area contributed by atoms with E-state index in [-0.39, 0.29) is 17.4 Å². The first-order valence-corrected chi connectivity index (χ1v) is 7.42. The van der Waals surface area contributed by atoms with Crippen LogP contribution in [0.2, 0.25) is 0 Å². The molecule has 1 amide bonds. The molecule has 8 nitrogen and oxygen atoms in total. The van der Waals surface area contributed by atoms with Gasteiger partial charge in [0, 0.05) is 31.1 Å². The summed E-state index contributed by atoms with van der Waals surface area (Å²) < 4.78 is 0. The summed E-state index contributed by atoms with van der Waals surface area (Å²) in [6.07, 6.45) is 1.06. The molecule has 0 saturated carbocycles. The second-order valence-electron chi connectivity index (χ2n) is 4.59. The van der Waals surface area contributed by atoms with Gasteiger partial charge in [-0.05, 0) is 6.07 Å². The quantitative estimate of drug-likeness (QED) is 0.432. The number of carbonyl (C=O) groups excluding carboxylic acids is 2. The van der Waals surface area contributed by atoms with E-state index < -0.39 is 28.5 Å². The van der Waals surface area contributed by atoms with Crippen molar-refractivity contribution in [1.29, 1.82) is 0 Å². The van der Waals surface area contributed by atoms with Gasteiger partial charge in [0.05, 0.1) is 15.9 Å². The average molecular weight is 334 g/mol. The van der Waals surface area contributed by atoms with Gasteiger partial charge < -0.3 is 9.90 Å². The molecule has 1 heterocycles. The predicted molar refractivity (Wildman–Crippen MR) is 83.1 cm³/mol. The minimum Gasteiger partial charge on any atom is -0.550 e. The number of carboxylic acid groups (broad SMARTS) is 1. The number of aliphatic carboxylic acids is 1. The molecule has 0 aromatic heterocycles. The van der Waals surface area contributed by atoms with Crippen molar-refractivity contribution >= 4 is 40.2 Å². The van der Waals surface area contributed by atoms with Crippen LogP contribution >= 0.6 is 11.8 Å². The van der Waals surface area contributed by atoms with Crippen LogP contribution in [0.25, 0.3) is 0 Å². The fraction of sp³-hybridized carbons (Fsp3) is 0.214. The van der Waals surface area contributed by atoms with Crippen molar-refractivity contribution in [2.24, 2.45) is 4.99 Å². The predicted octanol–water partition coefficient (Wildman–Crippen LogP) is 0.852.